The van der Waals surface area contributed by atoms with Gasteiger partial charge in [-0.1, -0.05) is 31.2 Å². The molecule has 1 amide bonds. The van der Waals surface area contributed by atoms with Crippen LogP contribution in [0.4, 0.5) is 5.69 Å². The lowest BCUT2D eigenvalue weighted by molar-refractivity contribution is -0.255. The summed E-state index contributed by atoms with van der Waals surface area (Å²) in [6.07, 6.45) is 0.935. The first-order valence-electron chi connectivity index (χ1n) is 7.62. The number of thiocarbonyl (C=S) groups is 1. The molecule has 2 aromatic rings. The number of nitrogens with one attached hydrogen (secondary N) is 2. The van der Waals surface area contributed by atoms with Crippen molar-refractivity contribution in [2.75, 3.05) is 11.9 Å². The third-order valence-electron chi connectivity index (χ3n) is 3.33. The van der Waals surface area contributed by atoms with Crippen LogP contribution in [0.1, 0.15) is 22.8 Å². The molecule has 0 aliphatic heterocycles. The molecule has 0 saturated carbocycles. The lowest BCUT2D eigenvalue weighted by Gasteiger charge is -2.11. The van der Waals surface area contributed by atoms with Gasteiger partial charge in [0.15, 0.2) is 11.7 Å². The van der Waals surface area contributed by atoms with E-state index in [1.807, 2.05) is 24.3 Å². The first-order chi connectivity index (χ1) is 12.0. The maximum Gasteiger partial charge on any atom is 0.264 e. The standard InChI is InChI=1S/C18H18N2O4S/c1-2-12-3-9-15(10-4-12)24-11-16(21)20-18(25)19-14-7-5-13(6-8-14)17(22)23/h3-10H,2,11H2,1H3,(H,22,23)(H2,19,20,21,25)/p-1. The number of aryl methyl sites for hydroxylation is 1. The van der Waals surface area contributed by atoms with Crippen LogP contribution in [0.5, 0.6) is 5.75 Å². The molecule has 0 heterocycles. The Kier molecular flexibility index (Phi) is 6.47. The van der Waals surface area contributed by atoms with E-state index in [9.17, 15) is 14.7 Å². The Morgan fingerprint density at radius 1 is 1.08 bits per heavy atom. The molecule has 0 saturated heterocycles. The topological polar surface area (TPSA) is 90.5 Å². The van der Waals surface area contributed by atoms with Gasteiger partial charge < -0.3 is 20.0 Å². The summed E-state index contributed by atoms with van der Waals surface area (Å²) in [6, 6.07) is 13.3. The van der Waals surface area contributed by atoms with Crippen LogP contribution in [0.3, 0.4) is 0 Å². The predicted octanol–water partition coefficient (Wildman–Crippen LogP) is 1.50. The van der Waals surface area contributed by atoms with Crippen molar-refractivity contribution in [2.45, 2.75) is 13.3 Å². The van der Waals surface area contributed by atoms with Crippen LogP contribution in [0.2, 0.25) is 0 Å². The Morgan fingerprint density at radius 2 is 1.72 bits per heavy atom. The van der Waals surface area contributed by atoms with Crippen molar-refractivity contribution >= 4 is 34.9 Å². The van der Waals surface area contributed by atoms with E-state index in [1.54, 1.807) is 0 Å². The highest BCUT2D eigenvalue weighted by Gasteiger charge is 2.06. The van der Waals surface area contributed by atoms with Gasteiger partial charge in [-0.3, -0.25) is 10.1 Å². The number of carboxylic acids is 1. The van der Waals surface area contributed by atoms with Crippen molar-refractivity contribution in [3.8, 4) is 5.75 Å². The van der Waals surface area contributed by atoms with Crippen molar-refractivity contribution in [2.24, 2.45) is 0 Å². The Morgan fingerprint density at radius 3 is 2.28 bits per heavy atom. The summed E-state index contributed by atoms with van der Waals surface area (Å²) < 4.78 is 5.39. The monoisotopic (exact) mass is 357 g/mol. The van der Waals surface area contributed by atoms with E-state index in [4.69, 9.17) is 17.0 Å². The molecule has 25 heavy (non-hydrogen) atoms. The molecule has 0 fully saturated rings. The molecule has 0 bridgehead atoms. The van der Waals surface area contributed by atoms with Crippen molar-refractivity contribution in [1.82, 2.24) is 5.32 Å². The number of aromatic carboxylic acids is 1. The van der Waals surface area contributed by atoms with Crippen LogP contribution in [0.25, 0.3) is 0 Å². The number of hydrogen-bond donors (Lipinski definition) is 2. The maximum atomic E-state index is 11.8. The lowest BCUT2D eigenvalue weighted by Crippen LogP contribution is -2.37. The van der Waals surface area contributed by atoms with Crippen LogP contribution >= 0.6 is 12.2 Å². The average Bonchev–Trinajstić information content (AvgIpc) is 2.60. The summed E-state index contributed by atoms with van der Waals surface area (Å²) in [5.74, 6) is -1.06. The highest BCUT2D eigenvalue weighted by Crippen LogP contribution is 2.12. The molecule has 0 radical (unpaired) electrons. The SMILES string of the molecule is CCc1ccc(OCC(=O)NC(=S)Nc2ccc(C(=O)[O-])cc2)cc1. The van der Waals surface area contributed by atoms with Crippen molar-refractivity contribution in [3.05, 3.63) is 59.7 Å². The zero-order valence-corrected chi connectivity index (χ0v) is 14.4. The van der Waals surface area contributed by atoms with E-state index < -0.39 is 11.9 Å². The van der Waals surface area contributed by atoms with Gasteiger partial charge >= 0.3 is 0 Å². The van der Waals surface area contributed by atoms with Crippen molar-refractivity contribution in [1.29, 1.82) is 0 Å². The number of hydrogen-bond acceptors (Lipinski definition) is 5. The molecule has 0 unspecified atom stereocenters. The maximum absolute atomic E-state index is 11.8. The summed E-state index contributed by atoms with van der Waals surface area (Å²) in [7, 11) is 0. The van der Waals surface area contributed by atoms with Gasteiger partial charge in [0.25, 0.3) is 5.91 Å². The normalized spacial score (nSPS) is 9.96. The van der Waals surface area contributed by atoms with Crippen LogP contribution < -0.4 is 20.5 Å². The molecule has 0 atom stereocenters. The van der Waals surface area contributed by atoms with E-state index >= 15 is 0 Å². The third-order valence-corrected chi connectivity index (χ3v) is 3.54. The van der Waals surface area contributed by atoms with Gasteiger partial charge in [0.05, 0.1) is 5.97 Å². The van der Waals surface area contributed by atoms with E-state index in [0.29, 0.717) is 11.4 Å². The minimum atomic E-state index is -1.26. The molecular formula is C18H17N2O4S-. The Labute approximate surface area is 150 Å². The quantitative estimate of drug-likeness (QED) is 0.762. The largest absolute Gasteiger partial charge is 0.545 e. The molecule has 0 aliphatic carbocycles. The van der Waals surface area contributed by atoms with Crippen LogP contribution in [-0.2, 0) is 11.2 Å². The molecule has 0 aliphatic rings. The molecule has 130 valence electrons. The predicted molar refractivity (Wildman–Crippen MR) is 96.5 cm³/mol. The zero-order chi connectivity index (χ0) is 18.2. The number of rotatable bonds is 6. The minimum absolute atomic E-state index is 0.0583. The second-order valence-electron chi connectivity index (χ2n) is 5.15. The molecule has 6 nitrogen and oxygen atoms in total. The summed E-state index contributed by atoms with van der Waals surface area (Å²) >= 11 is 5.03. The highest BCUT2D eigenvalue weighted by atomic mass is 32.1. The smallest absolute Gasteiger partial charge is 0.264 e. The Hall–Kier alpha value is -2.93. The molecule has 0 aromatic heterocycles. The fourth-order valence-electron chi connectivity index (χ4n) is 1.98. The van der Waals surface area contributed by atoms with Crippen LogP contribution in [0.15, 0.2) is 48.5 Å². The molecule has 2 aromatic carbocycles. The summed E-state index contributed by atoms with van der Waals surface area (Å²) in [5.41, 5.74) is 1.79. The van der Waals surface area contributed by atoms with Gasteiger partial charge in [-0.05, 0) is 54.0 Å². The summed E-state index contributed by atoms with van der Waals surface area (Å²) in [4.78, 5) is 22.5. The number of carboxylic acid groups (broad SMARTS) is 1. The van der Waals surface area contributed by atoms with E-state index in [-0.39, 0.29) is 17.3 Å². The molecule has 7 heteroatoms. The highest BCUT2D eigenvalue weighted by molar-refractivity contribution is 7.80. The van der Waals surface area contributed by atoms with Gasteiger partial charge in [0, 0.05) is 5.69 Å². The number of carbonyl (C=O) groups excluding carboxylic acids is 2. The van der Waals surface area contributed by atoms with Gasteiger partial charge in [-0.2, -0.15) is 0 Å². The molecule has 2 N–H and O–H groups in total. The van der Waals surface area contributed by atoms with Gasteiger partial charge in [-0.25, -0.2) is 0 Å². The van der Waals surface area contributed by atoms with E-state index in [2.05, 4.69) is 17.6 Å². The van der Waals surface area contributed by atoms with E-state index in [0.717, 1.165) is 6.42 Å². The third kappa shape index (κ3) is 5.89. The lowest BCUT2D eigenvalue weighted by atomic mass is 10.2. The first kappa shape index (κ1) is 18.4. The fraction of sp³-hybridized carbons (Fsp3) is 0.167. The fourth-order valence-corrected chi connectivity index (χ4v) is 2.22. The van der Waals surface area contributed by atoms with Gasteiger partial charge in [0.1, 0.15) is 5.75 Å². The number of amides is 1. The van der Waals surface area contributed by atoms with Crippen LogP contribution in [-0.4, -0.2) is 23.6 Å². The number of anilines is 1. The zero-order valence-electron chi connectivity index (χ0n) is 13.6. The summed E-state index contributed by atoms with van der Waals surface area (Å²) in [6.45, 7) is 1.89. The Bertz CT molecular complexity index is 758. The molecule has 0 spiro atoms. The number of ether oxygens (including phenoxy) is 1. The second-order valence-corrected chi connectivity index (χ2v) is 5.56. The average molecular weight is 357 g/mol. The Balaban J connectivity index is 1.79. The first-order valence-corrected chi connectivity index (χ1v) is 8.02. The van der Waals surface area contributed by atoms with E-state index in [1.165, 1.54) is 29.8 Å². The number of carbonyl (C=O) groups is 2. The molecular weight excluding hydrogens is 340 g/mol. The summed E-state index contributed by atoms with van der Waals surface area (Å²) in [5, 5.41) is 16.0. The molecule has 2 rings (SSSR count). The second kappa shape index (κ2) is 8.79. The van der Waals surface area contributed by atoms with Gasteiger partial charge in [-0.15, -0.1) is 0 Å². The van der Waals surface area contributed by atoms with Crippen LogP contribution in [0, 0.1) is 0 Å². The minimum Gasteiger partial charge on any atom is -0.545 e. The van der Waals surface area contributed by atoms with Gasteiger partial charge in [0.2, 0.25) is 0 Å². The van der Waals surface area contributed by atoms with Crippen molar-refractivity contribution < 1.29 is 19.4 Å². The number of benzene rings is 2. The van der Waals surface area contributed by atoms with Crippen molar-refractivity contribution in [3.63, 3.8) is 0 Å².